The molecule has 2 aromatic carbocycles. The van der Waals surface area contributed by atoms with Crippen LogP contribution in [0, 0.1) is 13.8 Å². The van der Waals surface area contributed by atoms with Crippen molar-refractivity contribution in [2.24, 2.45) is 0 Å². The summed E-state index contributed by atoms with van der Waals surface area (Å²) in [6.07, 6.45) is 0.849. The number of ketones is 1. The molecule has 0 bridgehead atoms. The number of hydroxylamine groups is 2. The van der Waals surface area contributed by atoms with Crippen LogP contribution in [0.25, 0.3) is 0 Å². The number of amides is 1. The topological polar surface area (TPSA) is 60.9 Å². The molecule has 1 unspecified atom stereocenters. The summed E-state index contributed by atoms with van der Waals surface area (Å²) >= 11 is 3.50. The zero-order chi connectivity index (χ0) is 20.1. The molecule has 0 aromatic heterocycles. The lowest BCUT2D eigenvalue weighted by molar-refractivity contribution is -0.135. The van der Waals surface area contributed by atoms with Gasteiger partial charge in [0.15, 0.2) is 5.78 Å². The minimum atomic E-state index is -0.908. The van der Waals surface area contributed by atoms with Crippen molar-refractivity contribution in [2.45, 2.75) is 38.1 Å². The Bertz CT molecular complexity index is 913. The molecule has 0 radical (unpaired) electrons. The van der Waals surface area contributed by atoms with Crippen LogP contribution in [-0.2, 0) is 9.59 Å². The van der Waals surface area contributed by atoms with E-state index in [9.17, 15) is 14.8 Å². The Labute approximate surface area is 173 Å². The first kappa shape index (κ1) is 19.3. The molecule has 2 aliphatic heterocycles. The number of carbonyl (C=O) groups excluding carboxylic acids is 2. The lowest BCUT2D eigenvalue weighted by atomic mass is 9.78. The lowest BCUT2D eigenvalue weighted by Gasteiger charge is -2.41. The number of piperidine rings is 1. The van der Waals surface area contributed by atoms with Gasteiger partial charge in [-0.2, -0.15) is 5.06 Å². The van der Waals surface area contributed by atoms with Crippen molar-refractivity contribution in [1.29, 1.82) is 0 Å². The molecule has 2 heterocycles. The Kier molecular flexibility index (Phi) is 4.89. The van der Waals surface area contributed by atoms with Gasteiger partial charge in [0, 0.05) is 23.2 Å². The third-order valence-electron chi connectivity index (χ3n) is 6.04. The number of hydrogen-bond acceptors (Lipinski definition) is 4. The molecule has 5 nitrogen and oxygen atoms in total. The second kappa shape index (κ2) is 7.10. The smallest absolute Gasteiger partial charge is 0.243 e. The van der Waals surface area contributed by atoms with E-state index in [1.165, 1.54) is 5.06 Å². The van der Waals surface area contributed by atoms with E-state index in [2.05, 4.69) is 15.9 Å². The SMILES string of the molecule is Cc1cc(Br)cc(C)c1C1C(=O)N(c2ccccc2)C2(CCN(O)CC2)C1=O. The molecule has 1 spiro atoms. The summed E-state index contributed by atoms with van der Waals surface area (Å²) in [5.74, 6) is -1.03. The Balaban J connectivity index is 1.87. The Morgan fingerprint density at radius 2 is 1.61 bits per heavy atom. The van der Waals surface area contributed by atoms with E-state index in [-0.39, 0.29) is 11.7 Å². The quantitative estimate of drug-likeness (QED) is 0.714. The molecule has 146 valence electrons. The average molecular weight is 443 g/mol. The molecule has 2 fully saturated rings. The fourth-order valence-electron chi connectivity index (χ4n) is 4.75. The van der Waals surface area contributed by atoms with E-state index in [1.54, 1.807) is 4.90 Å². The second-order valence-corrected chi connectivity index (χ2v) is 8.66. The molecule has 2 saturated heterocycles. The standard InChI is InChI=1S/C22H23BrN2O3/c1-14-12-16(23)13-15(2)18(14)19-20(26)22(8-10-24(28)11-9-22)25(21(19)27)17-6-4-3-5-7-17/h3-7,12-13,19,28H,8-11H2,1-2H3. The maximum Gasteiger partial charge on any atom is 0.243 e. The maximum atomic E-state index is 13.8. The zero-order valence-corrected chi connectivity index (χ0v) is 17.6. The second-order valence-electron chi connectivity index (χ2n) is 7.74. The summed E-state index contributed by atoms with van der Waals surface area (Å²) in [5.41, 5.74) is 2.50. The van der Waals surface area contributed by atoms with E-state index in [4.69, 9.17) is 0 Å². The third-order valence-corrected chi connectivity index (χ3v) is 6.50. The summed E-state index contributed by atoms with van der Waals surface area (Å²) in [7, 11) is 0. The minimum absolute atomic E-state index is 0.0528. The fraction of sp³-hybridized carbons (Fsp3) is 0.364. The van der Waals surface area contributed by atoms with Gasteiger partial charge in [0.1, 0.15) is 11.5 Å². The highest BCUT2D eigenvalue weighted by atomic mass is 79.9. The number of Topliss-reactive ketones (excluding diaryl/α,β-unsaturated/α-hetero) is 1. The molecule has 6 heteroatoms. The van der Waals surface area contributed by atoms with Crippen LogP contribution < -0.4 is 4.90 Å². The monoisotopic (exact) mass is 442 g/mol. The third kappa shape index (κ3) is 2.91. The average Bonchev–Trinajstić information content (AvgIpc) is 2.86. The van der Waals surface area contributed by atoms with Gasteiger partial charge in [-0.05, 0) is 67.6 Å². The number of halogens is 1. The van der Waals surface area contributed by atoms with Gasteiger partial charge in [0.25, 0.3) is 0 Å². The molecule has 2 aliphatic rings. The lowest BCUT2D eigenvalue weighted by Crippen LogP contribution is -2.56. The number of para-hydroxylation sites is 1. The van der Waals surface area contributed by atoms with Crippen LogP contribution in [0.15, 0.2) is 46.9 Å². The van der Waals surface area contributed by atoms with Crippen LogP contribution in [-0.4, -0.2) is 40.6 Å². The van der Waals surface area contributed by atoms with Gasteiger partial charge in [-0.3, -0.25) is 14.5 Å². The Morgan fingerprint density at radius 1 is 1.04 bits per heavy atom. The summed E-state index contributed by atoms with van der Waals surface area (Å²) in [4.78, 5) is 29.2. The van der Waals surface area contributed by atoms with Crippen LogP contribution in [0.2, 0.25) is 0 Å². The molecule has 1 amide bonds. The molecule has 0 saturated carbocycles. The van der Waals surface area contributed by atoms with E-state index in [0.717, 1.165) is 26.9 Å². The highest BCUT2D eigenvalue weighted by Gasteiger charge is 2.60. The molecular weight excluding hydrogens is 420 g/mol. The van der Waals surface area contributed by atoms with Crippen molar-refractivity contribution in [1.82, 2.24) is 5.06 Å². The normalized spacial score (nSPS) is 22.3. The fourth-order valence-corrected chi connectivity index (χ4v) is 5.44. The van der Waals surface area contributed by atoms with Crippen molar-refractivity contribution < 1.29 is 14.8 Å². The molecule has 1 atom stereocenters. The van der Waals surface area contributed by atoms with Crippen LogP contribution in [0.1, 0.15) is 35.4 Å². The first-order valence-corrected chi connectivity index (χ1v) is 10.3. The van der Waals surface area contributed by atoms with Crippen LogP contribution in [0.5, 0.6) is 0 Å². The van der Waals surface area contributed by atoms with Crippen LogP contribution in [0.3, 0.4) is 0 Å². The molecule has 1 N–H and O–H groups in total. The molecule has 2 aromatic rings. The van der Waals surface area contributed by atoms with Crippen molar-refractivity contribution in [2.75, 3.05) is 18.0 Å². The van der Waals surface area contributed by atoms with Crippen LogP contribution in [0.4, 0.5) is 5.69 Å². The van der Waals surface area contributed by atoms with Crippen molar-refractivity contribution in [3.63, 3.8) is 0 Å². The molecule has 0 aliphatic carbocycles. The predicted molar refractivity (Wildman–Crippen MR) is 111 cm³/mol. The Morgan fingerprint density at radius 3 is 2.18 bits per heavy atom. The highest BCUT2D eigenvalue weighted by Crippen LogP contribution is 2.46. The Hall–Kier alpha value is -2.02. The first-order valence-electron chi connectivity index (χ1n) is 9.49. The van der Waals surface area contributed by atoms with Crippen molar-refractivity contribution in [3.05, 3.63) is 63.6 Å². The summed E-state index contributed by atoms with van der Waals surface area (Å²) in [6, 6.07) is 13.3. The summed E-state index contributed by atoms with van der Waals surface area (Å²) in [6.45, 7) is 4.63. The van der Waals surface area contributed by atoms with Crippen LogP contribution >= 0.6 is 15.9 Å². The van der Waals surface area contributed by atoms with Gasteiger partial charge >= 0.3 is 0 Å². The van der Waals surface area contributed by atoms with E-state index in [1.807, 2.05) is 56.3 Å². The van der Waals surface area contributed by atoms with Gasteiger partial charge in [0.05, 0.1) is 0 Å². The van der Waals surface area contributed by atoms with Crippen molar-refractivity contribution >= 4 is 33.3 Å². The highest BCUT2D eigenvalue weighted by molar-refractivity contribution is 9.10. The minimum Gasteiger partial charge on any atom is -0.314 e. The number of nitrogens with zero attached hydrogens (tertiary/aromatic N) is 2. The largest absolute Gasteiger partial charge is 0.314 e. The number of anilines is 1. The number of benzene rings is 2. The number of aryl methyl sites for hydroxylation is 2. The number of rotatable bonds is 2. The molecule has 4 rings (SSSR count). The molecule has 28 heavy (non-hydrogen) atoms. The number of carbonyl (C=O) groups is 2. The van der Waals surface area contributed by atoms with E-state index in [0.29, 0.717) is 25.9 Å². The molecular formula is C22H23BrN2O3. The van der Waals surface area contributed by atoms with E-state index >= 15 is 0 Å². The van der Waals surface area contributed by atoms with Gasteiger partial charge < -0.3 is 5.21 Å². The van der Waals surface area contributed by atoms with Gasteiger partial charge in [-0.1, -0.05) is 34.1 Å². The first-order chi connectivity index (χ1) is 13.3. The number of hydrogen-bond donors (Lipinski definition) is 1. The summed E-state index contributed by atoms with van der Waals surface area (Å²) in [5, 5.41) is 11.1. The maximum absolute atomic E-state index is 13.8. The van der Waals surface area contributed by atoms with Gasteiger partial charge in [-0.15, -0.1) is 0 Å². The predicted octanol–water partition coefficient (Wildman–Crippen LogP) is 3.99. The van der Waals surface area contributed by atoms with Crippen molar-refractivity contribution in [3.8, 4) is 0 Å². The van der Waals surface area contributed by atoms with E-state index < -0.39 is 11.5 Å². The van der Waals surface area contributed by atoms with Gasteiger partial charge in [0.2, 0.25) is 5.91 Å². The zero-order valence-electron chi connectivity index (χ0n) is 16.0. The van der Waals surface area contributed by atoms with Gasteiger partial charge in [-0.25, -0.2) is 0 Å². The summed E-state index contributed by atoms with van der Waals surface area (Å²) < 4.78 is 0.937.